The van der Waals surface area contributed by atoms with Gasteiger partial charge in [-0.15, -0.1) is 0 Å². The van der Waals surface area contributed by atoms with Crippen LogP contribution in [0, 0.1) is 0 Å². The number of hydrogen-bond acceptors (Lipinski definition) is 4. The van der Waals surface area contributed by atoms with Crippen molar-refractivity contribution in [3.8, 4) is 0 Å². The molecule has 0 N–H and O–H groups in total. The molecule has 3 amide bonds. The van der Waals surface area contributed by atoms with E-state index in [-0.39, 0.29) is 18.4 Å². The zero-order valence-electron chi connectivity index (χ0n) is 15.6. The maximum Gasteiger partial charge on any atom is 0.273 e. The van der Waals surface area contributed by atoms with Crippen molar-refractivity contribution in [1.29, 1.82) is 0 Å². The van der Waals surface area contributed by atoms with E-state index in [1.807, 2.05) is 0 Å². The van der Waals surface area contributed by atoms with E-state index >= 15 is 0 Å². The predicted octanol–water partition coefficient (Wildman–Crippen LogP) is 4.16. The van der Waals surface area contributed by atoms with Crippen LogP contribution < -0.4 is 0 Å². The lowest BCUT2D eigenvalue weighted by Gasteiger charge is -2.38. The van der Waals surface area contributed by atoms with Gasteiger partial charge in [-0.3, -0.25) is 19.2 Å². The number of rotatable bonds is 5. The van der Waals surface area contributed by atoms with Crippen LogP contribution in [0.3, 0.4) is 0 Å². The second-order valence-electron chi connectivity index (χ2n) is 6.66. The lowest BCUT2D eigenvalue weighted by Crippen LogP contribution is -2.59. The Morgan fingerprint density at radius 2 is 1.31 bits per heavy atom. The lowest BCUT2D eigenvalue weighted by molar-refractivity contribution is -0.165. The Hall–Kier alpha value is -2.70. The van der Waals surface area contributed by atoms with Crippen LogP contribution in [0.25, 0.3) is 0 Å². The summed E-state index contributed by atoms with van der Waals surface area (Å²) in [6.45, 7) is 1.49. The zero-order chi connectivity index (χ0) is 21.1. The fraction of sp³-hybridized carbons (Fsp3) is 0.238. The average Bonchev–Trinajstić information content (AvgIpc) is 2.70. The third kappa shape index (κ3) is 4.49. The molecule has 150 valence electrons. The van der Waals surface area contributed by atoms with Crippen molar-refractivity contribution in [2.45, 2.75) is 32.2 Å². The van der Waals surface area contributed by atoms with E-state index in [0.717, 1.165) is 10.0 Å². The number of Topliss-reactive ketones (excluding diaryl/α,β-unsaturated/α-hetero) is 1. The zero-order valence-corrected chi connectivity index (χ0v) is 17.1. The average molecular weight is 433 g/mol. The number of hydrazine groups is 1. The first-order valence-corrected chi connectivity index (χ1v) is 9.80. The first-order valence-electron chi connectivity index (χ1n) is 9.04. The lowest BCUT2D eigenvalue weighted by atomic mass is 10.0. The Morgan fingerprint density at radius 1 is 0.862 bits per heavy atom. The molecular formula is C21H18Cl2N2O4. The maximum atomic E-state index is 13.2. The topological polar surface area (TPSA) is 74.8 Å². The fourth-order valence-electron chi connectivity index (χ4n) is 3.11. The van der Waals surface area contributed by atoms with E-state index in [0.29, 0.717) is 22.0 Å². The number of carbonyl (C=O) groups excluding carboxylic acids is 4. The minimum Gasteiger partial charge on any atom is -0.292 e. The molecule has 1 saturated heterocycles. The Morgan fingerprint density at radius 3 is 1.79 bits per heavy atom. The number of carbonyl (C=O) groups is 4. The number of benzene rings is 2. The van der Waals surface area contributed by atoms with E-state index in [2.05, 4.69) is 0 Å². The molecule has 0 radical (unpaired) electrons. The van der Waals surface area contributed by atoms with Crippen molar-refractivity contribution >= 4 is 46.7 Å². The van der Waals surface area contributed by atoms with Gasteiger partial charge in [-0.05, 0) is 61.9 Å². The van der Waals surface area contributed by atoms with Crippen LogP contribution in [0.2, 0.25) is 10.0 Å². The van der Waals surface area contributed by atoms with Gasteiger partial charge in [0.2, 0.25) is 11.8 Å². The van der Waals surface area contributed by atoms with Crippen LogP contribution in [0.1, 0.15) is 46.9 Å². The summed E-state index contributed by atoms with van der Waals surface area (Å²) in [5, 5.41) is 2.65. The highest BCUT2D eigenvalue weighted by molar-refractivity contribution is 6.31. The number of ketones is 1. The van der Waals surface area contributed by atoms with Crippen LogP contribution in [0.5, 0.6) is 0 Å². The van der Waals surface area contributed by atoms with Gasteiger partial charge in [-0.1, -0.05) is 23.2 Å². The number of hydrogen-bond donors (Lipinski definition) is 0. The Bertz CT molecular complexity index is 942. The monoisotopic (exact) mass is 432 g/mol. The maximum absolute atomic E-state index is 13.2. The van der Waals surface area contributed by atoms with E-state index < -0.39 is 29.5 Å². The first-order chi connectivity index (χ1) is 13.8. The molecule has 1 heterocycles. The SMILES string of the molecule is C[C@@H](C(=O)c1ccc(Cl)cc1)N(C(=O)c1ccc(Cl)cc1)N1C(=O)CCCC1=O. The van der Waals surface area contributed by atoms with Crippen molar-refractivity contribution in [2.24, 2.45) is 0 Å². The van der Waals surface area contributed by atoms with Gasteiger partial charge in [0, 0.05) is 34.0 Å². The number of piperidine rings is 1. The normalized spacial score (nSPS) is 15.2. The number of amides is 3. The molecule has 0 saturated carbocycles. The van der Waals surface area contributed by atoms with Crippen molar-refractivity contribution in [3.05, 3.63) is 69.7 Å². The molecule has 1 aliphatic rings. The van der Waals surface area contributed by atoms with E-state index in [4.69, 9.17) is 23.2 Å². The summed E-state index contributed by atoms with van der Waals surface area (Å²) in [6, 6.07) is 11.1. The van der Waals surface area contributed by atoms with Gasteiger partial charge in [0.15, 0.2) is 5.78 Å². The first kappa shape index (κ1) is 21.0. The summed E-state index contributed by atoms with van der Waals surface area (Å²) in [4.78, 5) is 51.3. The molecule has 0 unspecified atom stereocenters. The van der Waals surface area contributed by atoms with E-state index in [1.54, 1.807) is 12.1 Å². The second kappa shape index (κ2) is 8.76. The largest absolute Gasteiger partial charge is 0.292 e. The molecule has 2 aromatic carbocycles. The van der Waals surface area contributed by atoms with Crippen molar-refractivity contribution in [3.63, 3.8) is 0 Å². The Balaban J connectivity index is 2.01. The molecule has 3 rings (SSSR count). The van der Waals surface area contributed by atoms with Crippen LogP contribution in [-0.2, 0) is 9.59 Å². The van der Waals surface area contributed by atoms with Crippen LogP contribution >= 0.6 is 23.2 Å². The van der Waals surface area contributed by atoms with Crippen molar-refractivity contribution in [2.75, 3.05) is 0 Å². The molecule has 1 atom stereocenters. The highest BCUT2D eigenvalue weighted by Gasteiger charge is 2.39. The molecule has 1 fully saturated rings. The Kier molecular flexibility index (Phi) is 6.35. The summed E-state index contributed by atoms with van der Waals surface area (Å²) >= 11 is 11.8. The molecule has 1 aliphatic heterocycles. The van der Waals surface area contributed by atoms with Gasteiger partial charge in [0.1, 0.15) is 6.04 Å². The van der Waals surface area contributed by atoms with Gasteiger partial charge < -0.3 is 0 Å². The quantitative estimate of drug-likeness (QED) is 0.524. The molecular weight excluding hydrogens is 415 g/mol. The van der Waals surface area contributed by atoms with Crippen LogP contribution in [-0.4, -0.2) is 39.6 Å². The standard InChI is InChI=1S/C21H18Cl2N2O4/c1-13(20(28)14-5-9-16(22)10-6-14)24(25-18(26)3-2-4-19(25)27)21(29)15-7-11-17(23)12-8-15/h5-13H,2-4H2,1H3/t13-/m0/s1. The van der Waals surface area contributed by atoms with Crippen LogP contribution in [0.15, 0.2) is 48.5 Å². The van der Waals surface area contributed by atoms with Crippen molar-refractivity contribution in [1.82, 2.24) is 10.0 Å². The molecule has 0 aromatic heterocycles. The number of nitrogens with zero attached hydrogens (tertiary/aromatic N) is 2. The highest BCUT2D eigenvalue weighted by Crippen LogP contribution is 2.23. The molecule has 0 spiro atoms. The summed E-state index contributed by atoms with van der Waals surface area (Å²) < 4.78 is 0. The number of imide groups is 1. The highest BCUT2D eigenvalue weighted by atomic mass is 35.5. The fourth-order valence-corrected chi connectivity index (χ4v) is 3.37. The minimum absolute atomic E-state index is 0.123. The third-order valence-electron chi connectivity index (χ3n) is 4.64. The molecule has 8 heteroatoms. The van der Waals surface area contributed by atoms with Gasteiger partial charge in [0.05, 0.1) is 0 Å². The van der Waals surface area contributed by atoms with Gasteiger partial charge in [0.25, 0.3) is 5.91 Å². The minimum atomic E-state index is -1.09. The molecule has 6 nitrogen and oxygen atoms in total. The second-order valence-corrected chi connectivity index (χ2v) is 7.53. The third-order valence-corrected chi connectivity index (χ3v) is 5.15. The molecule has 0 bridgehead atoms. The Labute approximate surface area is 178 Å². The smallest absolute Gasteiger partial charge is 0.273 e. The molecule has 2 aromatic rings. The molecule has 0 aliphatic carbocycles. The van der Waals surface area contributed by atoms with Crippen molar-refractivity contribution < 1.29 is 19.2 Å². The summed E-state index contributed by atoms with van der Waals surface area (Å²) in [6.07, 6.45) is 0.659. The predicted molar refractivity (Wildman–Crippen MR) is 109 cm³/mol. The molecule has 29 heavy (non-hydrogen) atoms. The van der Waals surface area contributed by atoms with E-state index in [9.17, 15) is 19.2 Å². The summed E-state index contributed by atoms with van der Waals surface area (Å²) in [5.41, 5.74) is 0.518. The van der Waals surface area contributed by atoms with Crippen LogP contribution in [0.4, 0.5) is 0 Å². The van der Waals surface area contributed by atoms with Gasteiger partial charge in [-0.25, -0.2) is 5.01 Å². The van der Waals surface area contributed by atoms with Gasteiger partial charge in [-0.2, -0.15) is 5.01 Å². The summed E-state index contributed by atoms with van der Waals surface area (Å²) in [5.74, 6) is -2.09. The summed E-state index contributed by atoms with van der Waals surface area (Å²) in [7, 11) is 0. The number of halogens is 2. The van der Waals surface area contributed by atoms with Gasteiger partial charge >= 0.3 is 0 Å². The van der Waals surface area contributed by atoms with E-state index in [1.165, 1.54) is 43.3 Å².